The quantitative estimate of drug-likeness (QED) is 0.741. The molecule has 0 heterocycles. The van der Waals surface area contributed by atoms with E-state index in [1.807, 2.05) is 0 Å². The number of hydrogen-bond donors (Lipinski definition) is 0. The molecule has 0 unspecified atom stereocenters. The summed E-state index contributed by atoms with van der Waals surface area (Å²) in [7, 11) is -1.76. The van der Waals surface area contributed by atoms with Crippen LogP contribution in [0.5, 0.6) is 0 Å². The summed E-state index contributed by atoms with van der Waals surface area (Å²) < 4.78 is 12.2. The van der Waals surface area contributed by atoms with Gasteiger partial charge in [0.2, 0.25) is 0 Å². The first-order valence-corrected chi connectivity index (χ1v) is 11.1. The van der Waals surface area contributed by atoms with Crippen LogP contribution in [-0.4, -0.2) is 22.5 Å². The van der Waals surface area contributed by atoms with Crippen molar-refractivity contribution < 1.29 is 8.85 Å². The zero-order chi connectivity index (χ0) is 15.9. The average molecular weight is 331 g/mol. The summed E-state index contributed by atoms with van der Waals surface area (Å²) in [5, 5.41) is 1.43. The molecule has 0 aromatic heterocycles. The Morgan fingerprint density at radius 3 is 1.96 bits per heavy atom. The molecule has 3 heteroatoms. The monoisotopic (exact) mass is 330 g/mol. The third-order valence-electron chi connectivity index (χ3n) is 6.46. The van der Waals surface area contributed by atoms with Gasteiger partial charge in [-0.15, -0.1) is 0 Å². The molecule has 0 amide bonds. The summed E-state index contributed by atoms with van der Waals surface area (Å²) in [6, 6.07) is 9.12. The van der Waals surface area contributed by atoms with E-state index < -0.39 is 9.28 Å². The first kappa shape index (κ1) is 15.9. The van der Waals surface area contributed by atoms with Crippen LogP contribution in [0, 0.1) is 17.8 Å². The fourth-order valence-electron chi connectivity index (χ4n) is 6.16. The molecule has 1 aromatic carbocycles. The maximum atomic E-state index is 6.09. The Morgan fingerprint density at radius 1 is 0.913 bits per heavy atom. The number of benzene rings is 1. The van der Waals surface area contributed by atoms with E-state index in [1.165, 1.54) is 43.7 Å². The summed E-state index contributed by atoms with van der Waals surface area (Å²) in [6.45, 7) is 5.69. The first-order valence-electron chi connectivity index (χ1n) is 9.56. The van der Waals surface area contributed by atoms with Crippen molar-refractivity contribution in [2.24, 2.45) is 17.8 Å². The zero-order valence-electron chi connectivity index (χ0n) is 14.6. The first-order chi connectivity index (χ1) is 11.2. The molecule has 2 nitrogen and oxygen atoms in total. The van der Waals surface area contributed by atoms with E-state index in [9.17, 15) is 0 Å². The van der Waals surface area contributed by atoms with Crippen molar-refractivity contribution in [3.8, 4) is 0 Å². The molecule has 0 spiro atoms. The van der Waals surface area contributed by atoms with Crippen molar-refractivity contribution in [1.29, 1.82) is 0 Å². The zero-order valence-corrected chi connectivity index (χ0v) is 15.7. The van der Waals surface area contributed by atoms with Gasteiger partial charge in [0.05, 0.1) is 0 Å². The van der Waals surface area contributed by atoms with Gasteiger partial charge < -0.3 is 8.85 Å². The number of hydrogen-bond acceptors (Lipinski definition) is 2. The van der Waals surface area contributed by atoms with Crippen LogP contribution in [0.15, 0.2) is 24.3 Å². The molecule has 4 bridgehead atoms. The molecule has 0 N–H and O–H groups in total. The molecule has 23 heavy (non-hydrogen) atoms. The highest BCUT2D eigenvalue weighted by Crippen LogP contribution is 2.60. The van der Waals surface area contributed by atoms with Crippen LogP contribution in [0.2, 0.25) is 0 Å². The summed E-state index contributed by atoms with van der Waals surface area (Å²) >= 11 is 0. The van der Waals surface area contributed by atoms with Gasteiger partial charge in [-0.05, 0) is 86.3 Å². The van der Waals surface area contributed by atoms with Gasteiger partial charge in [-0.1, -0.05) is 24.3 Å². The van der Waals surface area contributed by atoms with Crippen molar-refractivity contribution in [3.63, 3.8) is 0 Å². The Kier molecular flexibility index (Phi) is 4.37. The number of rotatable bonds is 6. The van der Waals surface area contributed by atoms with Crippen molar-refractivity contribution in [3.05, 3.63) is 29.8 Å². The Hall–Kier alpha value is -0.643. The molecule has 0 radical (unpaired) electrons. The minimum atomic E-state index is -1.76. The van der Waals surface area contributed by atoms with Gasteiger partial charge in [0, 0.05) is 13.2 Å². The van der Waals surface area contributed by atoms with Crippen molar-refractivity contribution in [1.82, 2.24) is 0 Å². The van der Waals surface area contributed by atoms with Crippen LogP contribution >= 0.6 is 0 Å². The third kappa shape index (κ3) is 2.81. The fourth-order valence-corrected chi connectivity index (χ4v) is 8.14. The molecule has 0 saturated heterocycles. The van der Waals surface area contributed by atoms with Gasteiger partial charge in [0.25, 0.3) is 0 Å². The second-order valence-corrected chi connectivity index (χ2v) is 9.98. The SMILES string of the molecule is CCO[SiH](OCC)c1ccccc1C12CC3CC(CC(C3)C1)C2. The summed E-state index contributed by atoms with van der Waals surface area (Å²) in [5.74, 6) is 2.94. The lowest BCUT2D eigenvalue weighted by Crippen LogP contribution is -2.52. The molecular weight excluding hydrogens is 300 g/mol. The minimum Gasteiger partial charge on any atom is -0.394 e. The maximum absolute atomic E-state index is 6.09. The molecule has 0 atom stereocenters. The standard InChI is InChI=1S/C20H30O2Si/c1-3-21-23(22-4-2)19-8-6-5-7-18(19)20-12-15-9-16(13-20)11-17(10-15)14-20/h5-8,15-17,23H,3-4,9-14H2,1-2H3. The summed E-state index contributed by atoms with van der Waals surface area (Å²) in [4.78, 5) is 0. The van der Waals surface area contributed by atoms with E-state index in [0.29, 0.717) is 5.41 Å². The summed E-state index contributed by atoms with van der Waals surface area (Å²) in [6.07, 6.45) is 8.73. The molecule has 126 valence electrons. The molecule has 4 aliphatic rings. The molecule has 5 rings (SSSR count). The maximum Gasteiger partial charge on any atom is 0.356 e. The van der Waals surface area contributed by atoms with Gasteiger partial charge in [-0.25, -0.2) is 0 Å². The Bertz CT molecular complexity index is 515. The van der Waals surface area contributed by atoms with Gasteiger partial charge in [0.1, 0.15) is 0 Å². The van der Waals surface area contributed by atoms with E-state index >= 15 is 0 Å². The van der Waals surface area contributed by atoms with Gasteiger partial charge >= 0.3 is 9.28 Å². The Labute approximate surface area is 142 Å². The Balaban J connectivity index is 1.71. The van der Waals surface area contributed by atoms with Gasteiger partial charge in [-0.3, -0.25) is 0 Å². The lowest BCUT2D eigenvalue weighted by Gasteiger charge is -2.57. The van der Waals surface area contributed by atoms with Crippen molar-refractivity contribution in [2.45, 2.75) is 57.8 Å². The van der Waals surface area contributed by atoms with Crippen molar-refractivity contribution >= 4 is 14.5 Å². The smallest absolute Gasteiger partial charge is 0.356 e. The van der Waals surface area contributed by atoms with Crippen LogP contribution in [0.3, 0.4) is 0 Å². The van der Waals surface area contributed by atoms with E-state index in [-0.39, 0.29) is 0 Å². The highest BCUT2D eigenvalue weighted by Gasteiger charge is 2.52. The predicted molar refractivity (Wildman–Crippen MR) is 96.3 cm³/mol. The van der Waals surface area contributed by atoms with E-state index in [4.69, 9.17) is 8.85 Å². The van der Waals surface area contributed by atoms with E-state index in [0.717, 1.165) is 31.0 Å². The lowest BCUT2D eigenvalue weighted by atomic mass is 9.48. The minimum absolute atomic E-state index is 0.435. The molecule has 4 fully saturated rings. The molecule has 4 aliphatic carbocycles. The van der Waals surface area contributed by atoms with Crippen LogP contribution < -0.4 is 5.19 Å². The van der Waals surface area contributed by atoms with Crippen LogP contribution in [0.1, 0.15) is 57.9 Å². The molecule has 0 aliphatic heterocycles. The van der Waals surface area contributed by atoms with Gasteiger partial charge in [0.15, 0.2) is 0 Å². The van der Waals surface area contributed by atoms with Crippen LogP contribution in [0.25, 0.3) is 0 Å². The van der Waals surface area contributed by atoms with E-state index in [2.05, 4.69) is 38.1 Å². The second kappa shape index (κ2) is 6.34. The second-order valence-electron chi connectivity index (χ2n) is 8.03. The van der Waals surface area contributed by atoms with E-state index in [1.54, 1.807) is 5.56 Å². The highest BCUT2D eigenvalue weighted by atomic mass is 28.3. The molecular formula is C20H30O2Si. The topological polar surface area (TPSA) is 18.5 Å². The normalized spacial score (nSPS) is 35.2. The largest absolute Gasteiger partial charge is 0.394 e. The lowest BCUT2D eigenvalue weighted by molar-refractivity contribution is -0.00488. The van der Waals surface area contributed by atoms with Crippen molar-refractivity contribution in [2.75, 3.05) is 13.2 Å². The molecule has 1 aromatic rings. The fraction of sp³-hybridized carbons (Fsp3) is 0.700. The highest BCUT2D eigenvalue weighted by molar-refractivity contribution is 6.61. The van der Waals surface area contributed by atoms with Crippen LogP contribution in [0.4, 0.5) is 0 Å². The molecule has 4 saturated carbocycles. The third-order valence-corrected chi connectivity index (χ3v) is 8.74. The Morgan fingerprint density at radius 2 is 1.43 bits per heavy atom. The predicted octanol–water partition coefficient (Wildman–Crippen LogP) is 3.65. The van der Waals surface area contributed by atoms with Crippen LogP contribution in [-0.2, 0) is 14.3 Å². The van der Waals surface area contributed by atoms with Gasteiger partial charge in [-0.2, -0.15) is 0 Å². The summed E-state index contributed by atoms with van der Waals surface area (Å²) in [5.41, 5.74) is 2.03. The average Bonchev–Trinajstić information content (AvgIpc) is 2.53.